The number of thiophene rings is 1. The molecule has 4 rings (SSSR count). The topological polar surface area (TPSA) is 79.9 Å². The number of hydrogen-bond acceptors (Lipinski definition) is 5. The fraction of sp³-hybridized carbons (Fsp3) is 0.0952. The summed E-state index contributed by atoms with van der Waals surface area (Å²) in [7, 11) is 1.56. The number of carbonyl (C=O) groups is 1. The Morgan fingerprint density at radius 2 is 2.07 bits per heavy atom. The third kappa shape index (κ3) is 3.65. The number of aromatic nitrogens is 3. The number of carbonyl (C=O) groups excluding carboxylic acids is 1. The molecule has 0 aliphatic carbocycles. The van der Waals surface area contributed by atoms with Crippen LogP contribution in [0.1, 0.15) is 26.5 Å². The Labute approximate surface area is 165 Å². The van der Waals surface area contributed by atoms with Crippen LogP contribution in [-0.2, 0) is 6.54 Å². The van der Waals surface area contributed by atoms with Crippen LogP contribution in [0, 0.1) is 0 Å². The molecule has 0 saturated heterocycles. The lowest BCUT2D eigenvalue weighted by atomic mass is 10.1. The van der Waals surface area contributed by atoms with Gasteiger partial charge in [-0.25, -0.2) is 0 Å². The number of nitrogens with one attached hydrogen (secondary N) is 2. The average Bonchev–Trinajstić information content (AvgIpc) is 3.40. The zero-order chi connectivity index (χ0) is 19.3. The molecule has 4 aromatic rings. The quantitative estimate of drug-likeness (QED) is 0.519. The summed E-state index contributed by atoms with van der Waals surface area (Å²) >= 11 is 1.61. The van der Waals surface area contributed by atoms with E-state index in [1.807, 2.05) is 47.9 Å². The van der Waals surface area contributed by atoms with Crippen LogP contribution in [-0.4, -0.2) is 28.2 Å². The molecule has 0 unspecified atom stereocenters. The molecule has 0 aliphatic heterocycles. The van der Waals surface area contributed by atoms with Crippen molar-refractivity contribution < 1.29 is 9.53 Å². The van der Waals surface area contributed by atoms with Gasteiger partial charge in [-0.3, -0.25) is 14.9 Å². The zero-order valence-corrected chi connectivity index (χ0v) is 16.0. The van der Waals surface area contributed by atoms with Crippen LogP contribution in [0.2, 0.25) is 0 Å². The van der Waals surface area contributed by atoms with Gasteiger partial charge in [-0.1, -0.05) is 12.1 Å². The lowest BCUT2D eigenvalue weighted by Gasteiger charge is -2.10. The second-order valence-corrected chi connectivity index (χ2v) is 7.09. The molecule has 3 aromatic heterocycles. The van der Waals surface area contributed by atoms with E-state index in [-0.39, 0.29) is 5.91 Å². The van der Waals surface area contributed by atoms with E-state index in [9.17, 15) is 4.79 Å². The van der Waals surface area contributed by atoms with Gasteiger partial charge in [-0.15, -0.1) is 11.3 Å². The first-order valence-electron chi connectivity index (χ1n) is 8.70. The molecule has 28 heavy (non-hydrogen) atoms. The second-order valence-electron chi connectivity index (χ2n) is 6.05. The number of fused-ring (bicyclic) bond motifs is 1. The number of methoxy groups -OCH3 is 1. The molecule has 0 aliphatic rings. The van der Waals surface area contributed by atoms with E-state index in [1.54, 1.807) is 36.9 Å². The third-order valence-electron chi connectivity index (χ3n) is 4.30. The minimum Gasteiger partial charge on any atom is -0.495 e. The Bertz CT molecular complexity index is 1120. The van der Waals surface area contributed by atoms with Crippen LogP contribution in [0.5, 0.6) is 5.75 Å². The summed E-state index contributed by atoms with van der Waals surface area (Å²) in [5, 5.41) is 13.1. The number of pyridine rings is 1. The average molecular weight is 390 g/mol. The van der Waals surface area contributed by atoms with Crippen LogP contribution in [0.3, 0.4) is 0 Å². The van der Waals surface area contributed by atoms with Crippen molar-refractivity contribution >= 4 is 40.3 Å². The first kappa shape index (κ1) is 17.9. The smallest absolute Gasteiger partial charge is 0.255 e. The number of amides is 1. The lowest BCUT2D eigenvalue weighted by molar-refractivity contribution is 0.0948. The van der Waals surface area contributed by atoms with Gasteiger partial charge in [-0.2, -0.15) is 5.10 Å². The largest absolute Gasteiger partial charge is 0.495 e. The highest BCUT2D eigenvalue weighted by Crippen LogP contribution is 2.32. The highest BCUT2D eigenvalue weighted by molar-refractivity contribution is 7.09. The van der Waals surface area contributed by atoms with E-state index >= 15 is 0 Å². The maximum absolute atomic E-state index is 12.7. The van der Waals surface area contributed by atoms with E-state index < -0.39 is 0 Å². The molecule has 140 valence electrons. The summed E-state index contributed by atoms with van der Waals surface area (Å²) in [6, 6.07) is 11.4. The van der Waals surface area contributed by atoms with Crippen LogP contribution in [0.4, 0.5) is 0 Å². The molecule has 0 saturated carbocycles. The van der Waals surface area contributed by atoms with Crippen LogP contribution < -0.4 is 10.1 Å². The van der Waals surface area contributed by atoms with Gasteiger partial charge in [0.1, 0.15) is 5.75 Å². The fourth-order valence-electron chi connectivity index (χ4n) is 2.94. The Morgan fingerprint density at radius 3 is 2.82 bits per heavy atom. The molecular formula is C21H18N4O2S. The molecule has 2 N–H and O–H groups in total. The van der Waals surface area contributed by atoms with Crippen molar-refractivity contribution in [2.75, 3.05) is 7.11 Å². The summed E-state index contributed by atoms with van der Waals surface area (Å²) in [6.07, 6.45) is 7.31. The molecule has 0 radical (unpaired) electrons. The second kappa shape index (κ2) is 8.06. The minimum absolute atomic E-state index is 0.183. The number of H-pyrrole nitrogens is 1. The Hall–Kier alpha value is -3.45. The summed E-state index contributed by atoms with van der Waals surface area (Å²) in [5.41, 5.74) is 3.00. The van der Waals surface area contributed by atoms with Gasteiger partial charge >= 0.3 is 0 Å². The van der Waals surface area contributed by atoms with Crippen molar-refractivity contribution in [2.24, 2.45) is 0 Å². The Kier molecular flexibility index (Phi) is 5.16. The van der Waals surface area contributed by atoms with Gasteiger partial charge in [0.2, 0.25) is 0 Å². The molecular weight excluding hydrogens is 372 g/mol. The summed E-state index contributed by atoms with van der Waals surface area (Å²) in [4.78, 5) is 17.8. The zero-order valence-electron chi connectivity index (χ0n) is 15.2. The van der Waals surface area contributed by atoms with Gasteiger partial charge in [0.25, 0.3) is 5.91 Å². The van der Waals surface area contributed by atoms with E-state index in [0.717, 1.165) is 21.3 Å². The molecule has 0 spiro atoms. The Morgan fingerprint density at radius 1 is 1.21 bits per heavy atom. The van der Waals surface area contributed by atoms with Crippen LogP contribution >= 0.6 is 11.3 Å². The summed E-state index contributed by atoms with van der Waals surface area (Å²) < 4.78 is 5.61. The predicted octanol–water partition coefficient (Wildman–Crippen LogP) is 4.13. The number of hydrogen-bond donors (Lipinski definition) is 2. The van der Waals surface area contributed by atoms with E-state index in [4.69, 9.17) is 4.74 Å². The normalized spacial score (nSPS) is 11.2. The molecule has 0 bridgehead atoms. The number of rotatable bonds is 6. The molecule has 0 fully saturated rings. The molecule has 1 amide bonds. The fourth-order valence-corrected chi connectivity index (χ4v) is 3.59. The molecule has 0 atom stereocenters. The van der Waals surface area contributed by atoms with Gasteiger partial charge in [0, 0.05) is 17.3 Å². The maximum Gasteiger partial charge on any atom is 0.255 e. The highest BCUT2D eigenvalue weighted by Gasteiger charge is 2.18. The van der Waals surface area contributed by atoms with Crippen molar-refractivity contribution in [1.82, 2.24) is 20.5 Å². The maximum atomic E-state index is 12.7. The molecule has 1 aromatic carbocycles. The van der Waals surface area contributed by atoms with Gasteiger partial charge < -0.3 is 10.1 Å². The van der Waals surface area contributed by atoms with Gasteiger partial charge in [0.15, 0.2) is 0 Å². The molecule has 6 nitrogen and oxygen atoms in total. The van der Waals surface area contributed by atoms with Crippen molar-refractivity contribution in [3.63, 3.8) is 0 Å². The van der Waals surface area contributed by atoms with E-state index in [0.29, 0.717) is 23.6 Å². The van der Waals surface area contributed by atoms with Gasteiger partial charge in [0.05, 0.1) is 35.8 Å². The number of ether oxygens (including phenoxy) is 1. The van der Waals surface area contributed by atoms with Crippen LogP contribution in [0.15, 0.2) is 54.2 Å². The Balaban J connectivity index is 1.66. The molecule has 3 heterocycles. The lowest BCUT2D eigenvalue weighted by Crippen LogP contribution is -2.22. The summed E-state index contributed by atoms with van der Waals surface area (Å²) in [5.74, 6) is 0.321. The molecule has 7 heteroatoms. The summed E-state index contributed by atoms with van der Waals surface area (Å²) in [6.45, 7) is 0.484. The first-order chi connectivity index (χ1) is 13.8. The van der Waals surface area contributed by atoms with Crippen molar-refractivity contribution in [3.8, 4) is 5.75 Å². The number of nitrogens with zero attached hydrogens (tertiary/aromatic N) is 2. The van der Waals surface area contributed by atoms with Crippen molar-refractivity contribution in [1.29, 1.82) is 0 Å². The van der Waals surface area contributed by atoms with Crippen molar-refractivity contribution in [3.05, 3.63) is 75.9 Å². The monoisotopic (exact) mass is 390 g/mol. The van der Waals surface area contributed by atoms with E-state index in [1.165, 1.54) is 0 Å². The highest BCUT2D eigenvalue weighted by atomic mass is 32.1. The standard InChI is InChI=1S/C21H18N4O2S/c1-27-20-16(21(26)23-13-15-3-2-12-28-15)5-7-18-19(20)17(24-25-18)6-4-14-8-10-22-11-9-14/h2-12H,13H2,1H3,(H,23,26)(H,24,25)/b6-4+. The predicted molar refractivity (Wildman–Crippen MR) is 111 cm³/mol. The number of benzene rings is 1. The SMILES string of the molecule is COc1c(C(=O)NCc2cccs2)ccc2[nH]nc(/C=C/c3ccncc3)c12. The van der Waals surface area contributed by atoms with Gasteiger partial charge in [-0.05, 0) is 47.4 Å². The van der Waals surface area contributed by atoms with Crippen molar-refractivity contribution in [2.45, 2.75) is 6.54 Å². The first-order valence-corrected chi connectivity index (χ1v) is 9.58. The van der Waals surface area contributed by atoms with E-state index in [2.05, 4.69) is 20.5 Å². The number of aromatic amines is 1. The minimum atomic E-state index is -0.183. The third-order valence-corrected chi connectivity index (χ3v) is 5.18. The van der Waals surface area contributed by atoms with Crippen LogP contribution in [0.25, 0.3) is 23.1 Å².